The van der Waals surface area contributed by atoms with Crippen molar-refractivity contribution >= 4 is 27.8 Å². The third-order valence-corrected chi connectivity index (χ3v) is 3.12. The van der Waals surface area contributed by atoms with Gasteiger partial charge in [-0.15, -0.1) is 0 Å². The van der Waals surface area contributed by atoms with Crippen molar-refractivity contribution in [3.8, 4) is 0 Å². The van der Waals surface area contributed by atoms with Crippen LogP contribution in [-0.4, -0.2) is 35.0 Å². The third-order valence-electron chi connectivity index (χ3n) is 2.67. The van der Waals surface area contributed by atoms with Crippen molar-refractivity contribution in [2.45, 2.75) is 26.7 Å². The molecule has 1 amide bonds. The molecule has 0 spiro atoms. The molecule has 1 rings (SSSR count). The summed E-state index contributed by atoms with van der Waals surface area (Å²) < 4.78 is 0.601. The molecule has 0 aliphatic carbocycles. The Hall–Kier alpha value is -1.36. The van der Waals surface area contributed by atoms with Gasteiger partial charge in [-0.2, -0.15) is 0 Å². The van der Waals surface area contributed by atoms with Crippen molar-refractivity contribution in [1.29, 1.82) is 0 Å². The van der Waals surface area contributed by atoms with Gasteiger partial charge in [-0.25, -0.2) is 4.79 Å². The summed E-state index contributed by atoms with van der Waals surface area (Å²) in [6.45, 7) is 5.39. The highest BCUT2D eigenvalue weighted by Crippen LogP contribution is 2.18. The Morgan fingerprint density at radius 3 is 2.11 bits per heavy atom. The van der Waals surface area contributed by atoms with Crippen molar-refractivity contribution in [2.75, 3.05) is 13.1 Å². The Morgan fingerprint density at radius 1 is 1.11 bits per heavy atom. The fourth-order valence-corrected chi connectivity index (χ4v) is 2.37. The smallest absolute Gasteiger partial charge is 0.335 e. The molecule has 0 bridgehead atoms. The number of carboxylic acid groups (broad SMARTS) is 1. The molecule has 0 aromatic heterocycles. The minimum absolute atomic E-state index is 0.116. The van der Waals surface area contributed by atoms with Crippen LogP contribution in [0.2, 0.25) is 0 Å². The van der Waals surface area contributed by atoms with E-state index in [1.54, 1.807) is 11.0 Å². The van der Waals surface area contributed by atoms with Crippen LogP contribution in [0.25, 0.3) is 0 Å². The van der Waals surface area contributed by atoms with E-state index in [0.717, 1.165) is 12.8 Å². The number of hydrogen-bond donors (Lipinski definition) is 1. The molecule has 0 saturated carbocycles. The Morgan fingerprint density at radius 2 is 1.63 bits per heavy atom. The minimum atomic E-state index is -1.03. The Balaban J connectivity index is 3.06. The average Bonchev–Trinajstić information content (AvgIpc) is 2.37. The molecule has 19 heavy (non-hydrogen) atoms. The molecule has 0 unspecified atom stereocenters. The number of benzene rings is 1. The lowest BCUT2D eigenvalue weighted by molar-refractivity contribution is 0.0697. The first-order valence-electron chi connectivity index (χ1n) is 6.32. The molecule has 104 valence electrons. The van der Waals surface area contributed by atoms with Gasteiger partial charge in [-0.1, -0.05) is 29.8 Å². The van der Waals surface area contributed by atoms with E-state index in [2.05, 4.69) is 15.9 Å². The first kappa shape index (κ1) is 15.7. The van der Waals surface area contributed by atoms with E-state index >= 15 is 0 Å². The van der Waals surface area contributed by atoms with E-state index in [0.29, 0.717) is 23.1 Å². The molecule has 0 atom stereocenters. The SMILES string of the molecule is CCCN(CCC)C(=O)c1cc(Br)cc(C(=O)O)c1. The van der Waals surface area contributed by atoms with Crippen LogP contribution in [0.1, 0.15) is 47.4 Å². The van der Waals surface area contributed by atoms with Crippen LogP contribution >= 0.6 is 15.9 Å². The molecule has 5 heteroatoms. The van der Waals surface area contributed by atoms with Crippen LogP contribution in [0.4, 0.5) is 0 Å². The van der Waals surface area contributed by atoms with E-state index in [1.165, 1.54) is 12.1 Å². The average molecular weight is 328 g/mol. The van der Waals surface area contributed by atoms with Gasteiger partial charge in [0.15, 0.2) is 0 Å². The van der Waals surface area contributed by atoms with Gasteiger partial charge in [0.2, 0.25) is 0 Å². The summed E-state index contributed by atoms with van der Waals surface area (Å²) in [5, 5.41) is 9.02. The molecule has 1 N–H and O–H groups in total. The minimum Gasteiger partial charge on any atom is -0.478 e. The van der Waals surface area contributed by atoms with Crippen LogP contribution in [-0.2, 0) is 0 Å². The standard InChI is InChI=1S/C14H18BrNO3/c1-3-5-16(6-4-2)13(17)10-7-11(14(18)19)9-12(15)8-10/h7-9H,3-6H2,1-2H3,(H,18,19). The van der Waals surface area contributed by atoms with Crippen LogP contribution in [0.3, 0.4) is 0 Å². The predicted molar refractivity (Wildman–Crippen MR) is 77.6 cm³/mol. The number of aromatic carboxylic acids is 1. The van der Waals surface area contributed by atoms with Crippen LogP contribution in [0.15, 0.2) is 22.7 Å². The molecule has 0 aliphatic heterocycles. The monoisotopic (exact) mass is 327 g/mol. The molecule has 0 heterocycles. The summed E-state index contributed by atoms with van der Waals surface area (Å²) in [6.07, 6.45) is 1.76. The topological polar surface area (TPSA) is 57.6 Å². The zero-order valence-corrected chi connectivity index (χ0v) is 12.7. The van der Waals surface area contributed by atoms with Gasteiger partial charge in [0.25, 0.3) is 5.91 Å². The Kier molecular flexibility index (Phi) is 6.02. The maximum absolute atomic E-state index is 12.4. The molecule has 0 fully saturated rings. The van der Waals surface area contributed by atoms with Gasteiger partial charge in [0.1, 0.15) is 0 Å². The number of amides is 1. The third kappa shape index (κ3) is 4.35. The fourth-order valence-electron chi connectivity index (χ4n) is 1.87. The van der Waals surface area contributed by atoms with Gasteiger partial charge in [-0.05, 0) is 31.0 Å². The number of carbonyl (C=O) groups is 2. The van der Waals surface area contributed by atoms with Crippen molar-refractivity contribution in [2.24, 2.45) is 0 Å². The second-order valence-corrected chi connectivity index (χ2v) is 5.24. The zero-order valence-electron chi connectivity index (χ0n) is 11.1. The highest BCUT2D eigenvalue weighted by atomic mass is 79.9. The Labute approximate surface area is 121 Å². The summed E-state index contributed by atoms with van der Waals surface area (Å²) >= 11 is 3.24. The van der Waals surface area contributed by atoms with Gasteiger partial charge >= 0.3 is 5.97 Å². The summed E-state index contributed by atoms with van der Waals surface area (Å²) in [5.74, 6) is -1.15. The van der Waals surface area contributed by atoms with Crippen molar-refractivity contribution in [3.63, 3.8) is 0 Å². The summed E-state index contributed by atoms with van der Waals surface area (Å²) in [5.41, 5.74) is 0.527. The molecule has 4 nitrogen and oxygen atoms in total. The summed E-state index contributed by atoms with van der Waals surface area (Å²) in [4.78, 5) is 25.1. The predicted octanol–water partition coefficient (Wildman–Crippen LogP) is 3.41. The fraction of sp³-hybridized carbons (Fsp3) is 0.429. The second kappa shape index (κ2) is 7.28. The van der Waals surface area contributed by atoms with E-state index in [-0.39, 0.29) is 11.5 Å². The quantitative estimate of drug-likeness (QED) is 0.871. The molecular weight excluding hydrogens is 310 g/mol. The van der Waals surface area contributed by atoms with E-state index in [9.17, 15) is 9.59 Å². The molecular formula is C14H18BrNO3. The highest BCUT2D eigenvalue weighted by Gasteiger charge is 2.16. The second-order valence-electron chi connectivity index (χ2n) is 4.33. The molecule has 0 radical (unpaired) electrons. The number of carbonyl (C=O) groups excluding carboxylic acids is 1. The number of nitrogens with zero attached hydrogens (tertiary/aromatic N) is 1. The maximum atomic E-state index is 12.4. The first-order chi connectivity index (χ1) is 8.99. The van der Waals surface area contributed by atoms with E-state index in [4.69, 9.17) is 5.11 Å². The zero-order chi connectivity index (χ0) is 14.4. The normalized spacial score (nSPS) is 10.3. The number of halogens is 1. The number of rotatable bonds is 6. The Bertz CT molecular complexity index is 468. The van der Waals surface area contributed by atoms with Gasteiger partial charge in [0, 0.05) is 23.1 Å². The molecule has 0 aliphatic rings. The molecule has 1 aromatic rings. The van der Waals surface area contributed by atoms with Gasteiger partial charge < -0.3 is 10.0 Å². The maximum Gasteiger partial charge on any atom is 0.335 e. The van der Waals surface area contributed by atoms with Crippen molar-refractivity contribution in [1.82, 2.24) is 4.90 Å². The van der Waals surface area contributed by atoms with Gasteiger partial charge in [-0.3, -0.25) is 4.79 Å². The van der Waals surface area contributed by atoms with Crippen LogP contribution in [0, 0.1) is 0 Å². The van der Waals surface area contributed by atoms with E-state index in [1.807, 2.05) is 13.8 Å². The highest BCUT2D eigenvalue weighted by molar-refractivity contribution is 9.10. The summed E-state index contributed by atoms with van der Waals surface area (Å²) in [6, 6.07) is 4.57. The first-order valence-corrected chi connectivity index (χ1v) is 7.12. The van der Waals surface area contributed by atoms with Crippen molar-refractivity contribution < 1.29 is 14.7 Å². The lowest BCUT2D eigenvalue weighted by atomic mass is 10.1. The van der Waals surface area contributed by atoms with Gasteiger partial charge in [0.05, 0.1) is 5.56 Å². The van der Waals surface area contributed by atoms with Crippen molar-refractivity contribution in [3.05, 3.63) is 33.8 Å². The number of carboxylic acids is 1. The lowest BCUT2D eigenvalue weighted by Gasteiger charge is -2.21. The molecule has 1 aromatic carbocycles. The summed E-state index contributed by atoms with van der Waals surface area (Å²) in [7, 11) is 0. The lowest BCUT2D eigenvalue weighted by Crippen LogP contribution is -2.32. The van der Waals surface area contributed by atoms with Crippen LogP contribution in [0.5, 0.6) is 0 Å². The number of hydrogen-bond acceptors (Lipinski definition) is 2. The molecule has 0 saturated heterocycles. The largest absolute Gasteiger partial charge is 0.478 e. The van der Waals surface area contributed by atoms with Crippen LogP contribution < -0.4 is 0 Å². The van der Waals surface area contributed by atoms with E-state index < -0.39 is 5.97 Å².